The third-order valence-corrected chi connectivity index (χ3v) is 6.46. The van der Waals surface area contributed by atoms with Gasteiger partial charge in [0.2, 0.25) is 10.0 Å². The Hall–Kier alpha value is -2.38. The van der Waals surface area contributed by atoms with Crippen LogP contribution in [0.1, 0.15) is 18.4 Å². The van der Waals surface area contributed by atoms with Crippen molar-refractivity contribution in [2.24, 2.45) is 0 Å². The highest BCUT2D eigenvalue weighted by molar-refractivity contribution is 7.89. The molecule has 0 aliphatic heterocycles. The first kappa shape index (κ1) is 17.1. The number of hydrogen-bond acceptors (Lipinski definition) is 3. The van der Waals surface area contributed by atoms with E-state index in [4.69, 9.17) is 4.74 Å². The Bertz CT molecular complexity index is 1050. The fourth-order valence-electron chi connectivity index (χ4n) is 3.30. The molecule has 5 nitrogen and oxygen atoms in total. The first-order valence-electron chi connectivity index (χ1n) is 8.34. The number of hydrogen-bond donors (Lipinski definition) is 2. The summed E-state index contributed by atoms with van der Waals surface area (Å²) in [6.07, 6.45) is 3.64. The van der Waals surface area contributed by atoms with E-state index in [1.807, 2.05) is 6.20 Å². The molecular weight excluding hydrogens is 355 g/mol. The first-order valence-corrected chi connectivity index (χ1v) is 9.83. The van der Waals surface area contributed by atoms with Gasteiger partial charge in [-0.3, -0.25) is 0 Å². The van der Waals surface area contributed by atoms with E-state index in [1.165, 1.54) is 31.4 Å². The van der Waals surface area contributed by atoms with Gasteiger partial charge in [-0.25, -0.2) is 17.5 Å². The molecule has 136 valence electrons. The zero-order valence-electron chi connectivity index (χ0n) is 14.3. The molecule has 4 rings (SSSR count). The molecule has 7 heteroatoms. The number of nitrogens with one attached hydrogen (secondary N) is 2. The van der Waals surface area contributed by atoms with Gasteiger partial charge < -0.3 is 9.72 Å². The second kappa shape index (κ2) is 6.10. The zero-order valence-corrected chi connectivity index (χ0v) is 15.1. The summed E-state index contributed by atoms with van der Waals surface area (Å²) >= 11 is 0. The number of fused-ring (bicyclic) bond motifs is 1. The summed E-state index contributed by atoms with van der Waals surface area (Å²) in [6.45, 7) is 0.311. The standard InChI is InChI=1S/C19H19FN2O3S/c1-25-14-3-5-15(6-4-14)26(23,24)22-12-19(8-9-19)17-11-21-18-10-13(20)2-7-16(17)18/h2-7,10-11,21-22H,8-9,12H2,1H3. The predicted octanol–water partition coefficient (Wildman–Crippen LogP) is 3.33. The Kier molecular flexibility index (Phi) is 4.00. The van der Waals surface area contributed by atoms with E-state index < -0.39 is 10.0 Å². The lowest BCUT2D eigenvalue weighted by Gasteiger charge is -2.16. The van der Waals surface area contributed by atoms with Gasteiger partial charge in [0.15, 0.2) is 0 Å². The fourth-order valence-corrected chi connectivity index (χ4v) is 4.43. The summed E-state index contributed by atoms with van der Waals surface area (Å²) in [5, 5.41) is 0.938. The van der Waals surface area contributed by atoms with Gasteiger partial charge in [0.1, 0.15) is 11.6 Å². The highest BCUT2D eigenvalue weighted by atomic mass is 32.2. The van der Waals surface area contributed by atoms with Crippen molar-refractivity contribution >= 4 is 20.9 Å². The van der Waals surface area contributed by atoms with E-state index >= 15 is 0 Å². The van der Waals surface area contributed by atoms with Crippen LogP contribution in [0.5, 0.6) is 5.75 Å². The largest absolute Gasteiger partial charge is 0.497 e. The van der Waals surface area contributed by atoms with Crippen LogP contribution < -0.4 is 9.46 Å². The molecule has 2 aromatic carbocycles. The molecule has 1 aliphatic carbocycles. The van der Waals surface area contributed by atoms with Crippen LogP contribution >= 0.6 is 0 Å². The molecule has 0 atom stereocenters. The molecule has 26 heavy (non-hydrogen) atoms. The number of aromatic nitrogens is 1. The van der Waals surface area contributed by atoms with E-state index in [0.29, 0.717) is 12.3 Å². The average Bonchev–Trinajstić information content (AvgIpc) is 3.32. The van der Waals surface area contributed by atoms with Gasteiger partial charge in [0, 0.05) is 29.1 Å². The molecule has 1 saturated carbocycles. The van der Waals surface area contributed by atoms with E-state index in [9.17, 15) is 12.8 Å². The van der Waals surface area contributed by atoms with Gasteiger partial charge >= 0.3 is 0 Å². The molecule has 3 aromatic rings. The van der Waals surface area contributed by atoms with Crippen LogP contribution in [0.25, 0.3) is 10.9 Å². The maximum absolute atomic E-state index is 13.4. The highest BCUT2D eigenvalue weighted by Crippen LogP contribution is 2.50. The van der Waals surface area contributed by atoms with Crippen molar-refractivity contribution in [1.82, 2.24) is 9.71 Å². The smallest absolute Gasteiger partial charge is 0.240 e. The van der Waals surface area contributed by atoms with Gasteiger partial charge in [-0.15, -0.1) is 0 Å². The average molecular weight is 374 g/mol. The van der Waals surface area contributed by atoms with Crippen molar-refractivity contribution in [3.8, 4) is 5.75 Å². The maximum atomic E-state index is 13.4. The van der Waals surface area contributed by atoms with E-state index in [1.54, 1.807) is 18.2 Å². The topological polar surface area (TPSA) is 71.2 Å². The van der Waals surface area contributed by atoms with Crippen LogP contribution in [0.3, 0.4) is 0 Å². The lowest BCUT2D eigenvalue weighted by molar-refractivity contribution is 0.414. The van der Waals surface area contributed by atoms with Gasteiger partial charge in [-0.1, -0.05) is 0 Å². The number of methoxy groups -OCH3 is 1. The van der Waals surface area contributed by atoms with Gasteiger partial charge in [-0.2, -0.15) is 0 Å². The summed E-state index contributed by atoms with van der Waals surface area (Å²) in [5.74, 6) is 0.310. The number of aromatic amines is 1. The number of sulfonamides is 1. The summed E-state index contributed by atoms with van der Waals surface area (Å²) in [7, 11) is -2.07. The van der Waals surface area contributed by atoms with Crippen molar-refractivity contribution in [2.45, 2.75) is 23.2 Å². The Morgan fingerprint density at radius 2 is 1.92 bits per heavy atom. The molecule has 1 aliphatic rings. The third-order valence-electron chi connectivity index (χ3n) is 5.04. The minimum atomic E-state index is -3.61. The molecule has 0 radical (unpaired) electrons. The Morgan fingerprint density at radius 3 is 2.58 bits per heavy atom. The summed E-state index contributed by atoms with van der Waals surface area (Å²) in [6, 6.07) is 10.9. The number of benzene rings is 2. The minimum Gasteiger partial charge on any atom is -0.497 e. The molecule has 1 aromatic heterocycles. The van der Waals surface area contributed by atoms with Crippen molar-refractivity contribution in [3.05, 3.63) is 60.0 Å². The Balaban J connectivity index is 1.56. The SMILES string of the molecule is COc1ccc(S(=O)(=O)NCC2(c3c[nH]c4cc(F)ccc34)CC2)cc1. The van der Waals surface area contributed by atoms with E-state index in [2.05, 4.69) is 9.71 Å². The van der Waals surface area contributed by atoms with Gasteiger partial charge in [0.05, 0.1) is 12.0 Å². The summed E-state index contributed by atoms with van der Waals surface area (Å²) < 4.78 is 46.3. The molecular formula is C19H19FN2O3S. The van der Waals surface area contributed by atoms with Crippen LogP contribution in [-0.4, -0.2) is 27.1 Å². The van der Waals surface area contributed by atoms with Crippen molar-refractivity contribution in [3.63, 3.8) is 0 Å². The van der Waals surface area contributed by atoms with Crippen molar-refractivity contribution in [2.75, 3.05) is 13.7 Å². The van der Waals surface area contributed by atoms with Gasteiger partial charge in [-0.05, 0) is 60.9 Å². The zero-order chi connectivity index (χ0) is 18.4. The van der Waals surface area contributed by atoms with Crippen LogP contribution in [0.2, 0.25) is 0 Å². The van der Waals surface area contributed by atoms with Crippen molar-refractivity contribution in [1.29, 1.82) is 0 Å². The number of ether oxygens (including phenoxy) is 1. The molecule has 2 N–H and O–H groups in total. The number of halogens is 1. The quantitative estimate of drug-likeness (QED) is 0.695. The predicted molar refractivity (Wildman–Crippen MR) is 97.4 cm³/mol. The van der Waals surface area contributed by atoms with E-state index in [-0.39, 0.29) is 16.1 Å². The molecule has 1 heterocycles. The lowest BCUT2D eigenvalue weighted by atomic mass is 9.96. The lowest BCUT2D eigenvalue weighted by Crippen LogP contribution is -2.32. The molecule has 0 unspecified atom stereocenters. The Morgan fingerprint density at radius 1 is 1.19 bits per heavy atom. The molecule has 0 amide bonds. The maximum Gasteiger partial charge on any atom is 0.240 e. The van der Waals surface area contributed by atoms with Crippen molar-refractivity contribution < 1.29 is 17.5 Å². The summed E-state index contributed by atoms with van der Waals surface area (Å²) in [4.78, 5) is 3.29. The number of rotatable bonds is 6. The van der Waals surface area contributed by atoms with Crippen LogP contribution in [0.15, 0.2) is 53.6 Å². The molecule has 0 bridgehead atoms. The second-order valence-corrected chi connectivity index (χ2v) is 8.44. The van der Waals surface area contributed by atoms with Gasteiger partial charge in [0.25, 0.3) is 0 Å². The van der Waals surface area contributed by atoms with Crippen LogP contribution in [-0.2, 0) is 15.4 Å². The highest BCUT2D eigenvalue weighted by Gasteiger charge is 2.46. The van der Waals surface area contributed by atoms with E-state index in [0.717, 1.165) is 29.3 Å². The normalized spacial score (nSPS) is 15.9. The Labute approximate surface area is 151 Å². The van der Waals surface area contributed by atoms with Crippen LogP contribution in [0.4, 0.5) is 4.39 Å². The molecule has 0 spiro atoms. The first-order chi connectivity index (χ1) is 12.4. The molecule has 0 saturated heterocycles. The fraction of sp³-hybridized carbons (Fsp3) is 0.263. The summed E-state index contributed by atoms with van der Waals surface area (Å²) in [5.41, 5.74) is 1.52. The minimum absolute atomic E-state index is 0.204. The molecule has 1 fully saturated rings. The third kappa shape index (κ3) is 2.97. The number of H-pyrrole nitrogens is 1. The second-order valence-electron chi connectivity index (χ2n) is 6.67. The van der Waals surface area contributed by atoms with Crippen LogP contribution in [0, 0.1) is 5.82 Å². The monoisotopic (exact) mass is 374 g/mol.